The Morgan fingerprint density at radius 1 is 0.833 bits per heavy atom. The molecule has 2 aromatic carbocycles. The molecule has 0 aliphatic carbocycles. The third-order valence-electron chi connectivity index (χ3n) is 4.22. The smallest absolute Gasteiger partial charge is 0.242 e. The van der Waals surface area contributed by atoms with Crippen molar-refractivity contribution in [3.63, 3.8) is 0 Å². The SMILES string of the molecule is CC(C)C(=O)c1ccccc1.CC(C)Oc1nc2ccccc2nc1-c1cccs1. The zero-order valence-electron chi connectivity index (χ0n) is 17.7. The van der Waals surface area contributed by atoms with E-state index in [2.05, 4.69) is 4.98 Å². The number of carbonyl (C=O) groups excluding carboxylic acids is 1. The maximum absolute atomic E-state index is 11.3. The maximum atomic E-state index is 11.3. The number of fused-ring (bicyclic) bond motifs is 1. The molecule has 4 aromatic rings. The molecule has 0 fully saturated rings. The van der Waals surface area contributed by atoms with Gasteiger partial charge in [0.1, 0.15) is 5.69 Å². The van der Waals surface area contributed by atoms with Gasteiger partial charge in [0.2, 0.25) is 5.88 Å². The average Bonchev–Trinajstić information content (AvgIpc) is 3.28. The van der Waals surface area contributed by atoms with Gasteiger partial charge in [-0.3, -0.25) is 4.79 Å². The molecule has 0 aliphatic rings. The van der Waals surface area contributed by atoms with Gasteiger partial charge in [0.25, 0.3) is 0 Å². The minimum absolute atomic E-state index is 0.0779. The van der Waals surface area contributed by atoms with E-state index in [1.807, 2.05) is 99.8 Å². The molecule has 2 heterocycles. The first kappa shape index (κ1) is 21.7. The Bertz CT molecular complexity index is 1090. The summed E-state index contributed by atoms with van der Waals surface area (Å²) in [6.45, 7) is 7.81. The van der Waals surface area contributed by atoms with Crippen molar-refractivity contribution in [2.45, 2.75) is 33.8 Å². The molecule has 0 saturated carbocycles. The highest BCUT2D eigenvalue weighted by atomic mass is 32.1. The summed E-state index contributed by atoms with van der Waals surface area (Å²) < 4.78 is 5.81. The fraction of sp³-hybridized carbons (Fsp3) is 0.240. The average molecular weight is 419 g/mol. The van der Waals surface area contributed by atoms with Crippen molar-refractivity contribution >= 4 is 28.2 Å². The van der Waals surface area contributed by atoms with Crippen LogP contribution in [0.3, 0.4) is 0 Å². The van der Waals surface area contributed by atoms with E-state index in [4.69, 9.17) is 9.72 Å². The highest BCUT2D eigenvalue weighted by Gasteiger charge is 2.14. The fourth-order valence-electron chi connectivity index (χ4n) is 2.80. The number of thiophene rings is 1. The lowest BCUT2D eigenvalue weighted by atomic mass is 10.0. The number of ketones is 1. The number of para-hydroxylation sites is 2. The zero-order valence-corrected chi connectivity index (χ0v) is 18.5. The van der Waals surface area contributed by atoms with Gasteiger partial charge in [0.05, 0.1) is 22.0 Å². The van der Waals surface area contributed by atoms with Crippen LogP contribution < -0.4 is 4.74 Å². The van der Waals surface area contributed by atoms with Crippen LogP contribution in [0.1, 0.15) is 38.1 Å². The molecule has 0 unspecified atom stereocenters. The van der Waals surface area contributed by atoms with Gasteiger partial charge in [0, 0.05) is 11.5 Å². The predicted molar refractivity (Wildman–Crippen MR) is 124 cm³/mol. The third kappa shape index (κ3) is 5.51. The number of nitrogens with zero attached hydrogens (tertiary/aromatic N) is 2. The number of hydrogen-bond acceptors (Lipinski definition) is 5. The third-order valence-corrected chi connectivity index (χ3v) is 5.10. The molecule has 30 heavy (non-hydrogen) atoms. The first-order valence-electron chi connectivity index (χ1n) is 10.0. The monoisotopic (exact) mass is 418 g/mol. The zero-order chi connectivity index (χ0) is 21.5. The van der Waals surface area contributed by atoms with Crippen LogP contribution >= 0.6 is 11.3 Å². The van der Waals surface area contributed by atoms with Crippen LogP contribution in [0.5, 0.6) is 5.88 Å². The van der Waals surface area contributed by atoms with E-state index >= 15 is 0 Å². The summed E-state index contributed by atoms with van der Waals surface area (Å²) in [5.41, 5.74) is 3.38. The molecular formula is C25H26N2O2S. The second kappa shape index (κ2) is 10.1. The van der Waals surface area contributed by atoms with Gasteiger partial charge in [-0.25, -0.2) is 9.97 Å². The summed E-state index contributed by atoms with van der Waals surface area (Å²) in [7, 11) is 0. The number of Topliss-reactive ketones (excluding diaryl/α,β-unsaturated/α-hetero) is 1. The fourth-order valence-corrected chi connectivity index (χ4v) is 3.50. The molecule has 0 spiro atoms. The van der Waals surface area contributed by atoms with Crippen molar-refractivity contribution in [3.8, 4) is 16.5 Å². The lowest BCUT2D eigenvalue weighted by Crippen LogP contribution is -2.08. The Hall–Kier alpha value is -3.05. The molecule has 4 nitrogen and oxygen atoms in total. The molecule has 0 aliphatic heterocycles. The topological polar surface area (TPSA) is 52.1 Å². The summed E-state index contributed by atoms with van der Waals surface area (Å²) in [6, 6.07) is 21.3. The summed E-state index contributed by atoms with van der Waals surface area (Å²) in [5, 5.41) is 2.03. The van der Waals surface area contributed by atoms with E-state index in [1.54, 1.807) is 11.3 Å². The molecule has 4 rings (SSSR count). The summed E-state index contributed by atoms with van der Waals surface area (Å²) in [4.78, 5) is 21.7. The summed E-state index contributed by atoms with van der Waals surface area (Å²) >= 11 is 1.64. The van der Waals surface area contributed by atoms with Crippen LogP contribution in [-0.2, 0) is 0 Å². The normalized spacial score (nSPS) is 10.7. The van der Waals surface area contributed by atoms with Crippen molar-refractivity contribution in [2.24, 2.45) is 5.92 Å². The van der Waals surface area contributed by atoms with Gasteiger partial charge in [-0.1, -0.05) is 62.4 Å². The second-order valence-electron chi connectivity index (χ2n) is 7.39. The van der Waals surface area contributed by atoms with E-state index in [-0.39, 0.29) is 17.8 Å². The van der Waals surface area contributed by atoms with Crippen LogP contribution in [0.25, 0.3) is 21.6 Å². The minimum atomic E-state index is 0.0779. The largest absolute Gasteiger partial charge is 0.473 e. The molecule has 0 radical (unpaired) electrons. The Labute approximate surface area is 181 Å². The van der Waals surface area contributed by atoms with E-state index in [0.717, 1.165) is 27.2 Å². The standard InChI is InChI=1S/C15H14N2OS.C10H12O/c1-10(2)18-15-14(13-8-5-9-19-13)16-11-6-3-4-7-12(11)17-15;1-8(2)10(11)9-6-4-3-5-7-9/h3-10H,1-2H3;3-8H,1-2H3. The predicted octanol–water partition coefficient (Wildman–Crippen LogP) is 6.67. The molecule has 0 atom stereocenters. The van der Waals surface area contributed by atoms with E-state index in [9.17, 15) is 4.79 Å². The van der Waals surface area contributed by atoms with Gasteiger partial charge in [0.15, 0.2) is 5.78 Å². The molecular weight excluding hydrogens is 392 g/mol. The Morgan fingerprint density at radius 2 is 1.47 bits per heavy atom. The van der Waals surface area contributed by atoms with E-state index in [0.29, 0.717) is 5.88 Å². The van der Waals surface area contributed by atoms with Crippen molar-refractivity contribution in [2.75, 3.05) is 0 Å². The second-order valence-corrected chi connectivity index (χ2v) is 8.34. The van der Waals surface area contributed by atoms with Gasteiger partial charge in [-0.2, -0.15) is 0 Å². The number of rotatable bonds is 5. The first-order valence-corrected chi connectivity index (χ1v) is 10.9. The van der Waals surface area contributed by atoms with E-state index < -0.39 is 0 Å². The van der Waals surface area contributed by atoms with Crippen LogP contribution in [0.15, 0.2) is 72.1 Å². The number of aromatic nitrogens is 2. The molecule has 0 N–H and O–H groups in total. The van der Waals surface area contributed by atoms with Gasteiger partial charge < -0.3 is 4.74 Å². The number of carbonyl (C=O) groups is 1. The van der Waals surface area contributed by atoms with Crippen LogP contribution in [0.2, 0.25) is 0 Å². The molecule has 0 amide bonds. The quantitative estimate of drug-likeness (QED) is 0.340. The Kier molecular flexibility index (Phi) is 7.31. The molecule has 0 saturated heterocycles. The molecule has 5 heteroatoms. The molecule has 154 valence electrons. The van der Waals surface area contributed by atoms with Crippen molar-refractivity contribution < 1.29 is 9.53 Å². The van der Waals surface area contributed by atoms with Gasteiger partial charge in [-0.05, 0) is 37.4 Å². The summed E-state index contributed by atoms with van der Waals surface area (Å²) in [5.74, 6) is 0.916. The van der Waals surface area contributed by atoms with Crippen LogP contribution in [-0.4, -0.2) is 21.9 Å². The molecule has 2 aromatic heterocycles. The number of benzene rings is 2. The highest BCUT2D eigenvalue weighted by Crippen LogP contribution is 2.32. The van der Waals surface area contributed by atoms with Gasteiger partial charge in [-0.15, -0.1) is 11.3 Å². The summed E-state index contributed by atoms with van der Waals surface area (Å²) in [6.07, 6.45) is 0.0779. The lowest BCUT2D eigenvalue weighted by molar-refractivity contribution is 0.0939. The molecule has 0 bridgehead atoms. The van der Waals surface area contributed by atoms with Crippen molar-refractivity contribution in [3.05, 3.63) is 77.7 Å². The lowest BCUT2D eigenvalue weighted by Gasteiger charge is -2.12. The van der Waals surface area contributed by atoms with Crippen molar-refractivity contribution in [1.29, 1.82) is 0 Å². The van der Waals surface area contributed by atoms with Crippen LogP contribution in [0, 0.1) is 5.92 Å². The Balaban J connectivity index is 0.000000199. The van der Waals surface area contributed by atoms with Crippen LogP contribution in [0.4, 0.5) is 0 Å². The minimum Gasteiger partial charge on any atom is -0.473 e. The van der Waals surface area contributed by atoms with Crippen molar-refractivity contribution in [1.82, 2.24) is 9.97 Å². The first-order chi connectivity index (χ1) is 14.5. The Morgan fingerprint density at radius 3 is 2.03 bits per heavy atom. The highest BCUT2D eigenvalue weighted by molar-refractivity contribution is 7.13. The number of hydrogen-bond donors (Lipinski definition) is 0. The van der Waals surface area contributed by atoms with Gasteiger partial charge >= 0.3 is 0 Å². The number of ether oxygens (including phenoxy) is 1. The maximum Gasteiger partial charge on any atom is 0.242 e. The van der Waals surface area contributed by atoms with E-state index in [1.165, 1.54) is 0 Å².